The zero-order valence-electron chi connectivity index (χ0n) is 14.7. The molecule has 1 amide bonds. The van der Waals surface area contributed by atoms with Crippen LogP contribution in [0.4, 0.5) is 13.6 Å². The number of piperidine rings is 1. The number of carbonyl (C=O) groups excluding carboxylic acids is 1. The van der Waals surface area contributed by atoms with Gasteiger partial charge in [-0.15, -0.1) is 0 Å². The molecule has 1 saturated heterocycles. The fourth-order valence-electron chi connectivity index (χ4n) is 2.77. The Hall–Kier alpha value is -1.69. The summed E-state index contributed by atoms with van der Waals surface area (Å²) in [4.78, 5) is 13.1. The molecule has 6 heteroatoms. The monoisotopic (exact) mass is 340 g/mol. The Morgan fingerprint density at radius 1 is 1.33 bits per heavy atom. The first-order valence-corrected chi connectivity index (χ1v) is 8.25. The van der Waals surface area contributed by atoms with E-state index < -0.39 is 30.2 Å². The SMILES string of the molecule is C[C@H](NC1CCN(C(=O)OC(C)(C)C)CC1(F)F)c1ccccc1. The van der Waals surface area contributed by atoms with Crippen molar-refractivity contribution in [3.63, 3.8) is 0 Å². The molecule has 0 saturated carbocycles. The molecule has 0 spiro atoms. The van der Waals surface area contributed by atoms with Crippen LogP contribution in [0.25, 0.3) is 0 Å². The molecule has 1 heterocycles. The van der Waals surface area contributed by atoms with Crippen LogP contribution in [-0.4, -0.2) is 41.6 Å². The van der Waals surface area contributed by atoms with Crippen molar-refractivity contribution in [1.29, 1.82) is 0 Å². The van der Waals surface area contributed by atoms with Crippen LogP contribution < -0.4 is 5.32 Å². The minimum Gasteiger partial charge on any atom is -0.444 e. The van der Waals surface area contributed by atoms with E-state index in [1.54, 1.807) is 20.8 Å². The van der Waals surface area contributed by atoms with E-state index in [9.17, 15) is 13.6 Å². The summed E-state index contributed by atoms with van der Waals surface area (Å²) in [6, 6.07) is 8.33. The van der Waals surface area contributed by atoms with Gasteiger partial charge in [0.2, 0.25) is 0 Å². The van der Waals surface area contributed by atoms with Crippen molar-refractivity contribution in [2.45, 2.75) is 57.7 Å². The van der Waals surface area contributed by atoms with Crippen LogP contribution >= 0.6 is 0 Å². The summed E-state index contributed by atoms with van der Waals surface area (Å²) in [7, 11) is 0. The molecule has 0 radical (unpaired) electrons. The van der Waals surface area contributed by atoms with Crippen LogP contribution in [0.1, 0.15) is 45.7 Å². The topological polar surface area (TPSA) is 41.6 Å². The quantitative estimate of drug-likeness (QED) is 0.905. The smallest absolute Gasteiger partial charge is 0.410 e. The number of nitrogens with zero attached hydrogens (tertiary/aromatic N) is 1. The summed E-state index contributed by atoms with van der Waals surface area (Å²) in [6.07, 6.45) is -0.500. The molecule has 2 rings (SSSR count). The fraction of sp³-hybridized carbons (Fsp3) is 0.611. The first kappa shape index (κ1) is 18.6. The molecule has 1 aliphatic heterocycles. The number of alkyl halides is 2. The van der Waals surface area contributed by atoms with Crippen LogP contribution in [-0.2, 0) is 4.74 Å². The van der Waals surface area contributed by atoms with Gasteiger partial charge in [0.25, 0.3) is 5.92 Å². The molecular weight excluding hydrogens is 314 g/mol. The lowest BCUT2D eigenvalue weighted by atomic mass is 9.98. The third-order valence-corrected chi connectivity index (χ3v) is 4.00. The number of halogens is 2. The van der Waals surface area contributed by atoms with Gasteiger partial charge in [-0.2, -0.15) is 0 Å². The maximum absolute atomic E-state index is 14.5. The standard InChI is InChI=1S/C18H26F2N2O2/c1-13(14-8-6-5-7-9-14)21-15-10-11-22(12-18(15,19)20)16(23)24-17(2,3)4/h5-9,13,15,21H,10-12H2,1-4H3/t13-,15?/m0/s1. The third kappa shape index (κ3) is 4.90. The summed E-state index contributed by atoms with van der Waals surface area (Å²) >= 11 is 0. The molecule has 24 heavy (non-hydrogen) atoms. The Kier molecular flexibility index (Phi) is 5.48. The Morgan fingerprint density at radius 2 is 1.96 bits per heavy atom. The normalized spacial score (nSPS) is 22.1. The summed E-state index contributed by atoms with van der Waals surface area (Å²) < 4.78 is 34.1. The van der Waals surface area contributed by atoms with Gasteiger partial charge in [0.15, 0.2) is 0 Å². The van der Waals surface area contributed by atoms with Crippen molar-refractivity contribution in [3.8, 4) is 0 Å². The summed E-state index contributed by atoms with van der Waals surface area (Å²) in [6.45, 7) is 6.66. The van der Waals surface area contributed by atoms with Crippen molar-refractivity contribution in [2.24, 2.45) is 0 Å². The molecule has 1 aromatic rings. The number of hydrogen-bond acceptors (Lipinski definition) is 3. The Balaban J connectivity index is 1.97. The van der Waals surface area contributed by atoms with Gasteiger partial charge in [-0.05, 0) is 39.7 Å². The van der Waals surface area contributed by atoms with Crippen molar-refractivity contribution in [1.82, 2.24) is 10.2 Å². The van der Waals surface area contributed by atoms with Gasteiger partial charge < -0.3 is 15.0 Å². The number of hydrogen-bond donors (Lipinski definition) is 1. The predicted molar refractivity (Wildman–Crippen MR) is 89.2 cm³/mol. The van der Waals surface area contributed by atoms with E-state index in [-0.39, 0.29) is 19.0 Å². The average molecular weight is 340 g/mol. The molecule has 0 aliphatic carbocycles. The maximum atomic E-state index is 14.5. The van der Waals surface area contributed by atoms with E-state index in [0.29, 0.717) is 0 Å². The molecule has 1 N–H and O–H groups in total. The molecule has 4 nitrogen and oxygen atoms in total. The number of amides is 1. The molecule has 2 atom stereocenters. The zero-order chi connectivity index (χ0) is 18.0. The van der Waals surface area contributed by atoms with Gasteiger partial charge in [0, 0.05) is 12.6 Å². The van der Waals surface area contributed by atoms with Crippen LogP contribution in [0.3, 0.4) is 0 Å². The molecule has 1 aromatic carbocycles. The van der Waals surface area contributed by atoms with Gasteiger partial charge in [-0.25, -0.2) is 13.6 Å². The molecule has 1 fully saturated rings. The lowest BCUT2D eigenvalue weighted by Gasteiger charge is -2.40. The molecular formula is C18H26F2N2O2. The second-order valence-corrected chi connectivity index (χ2v) is 7.30. The lowest BCUT2D eigenvalue weighted by Crippen LogP contribution is -2.59. The van der Waals surface area contributed by atoms with Crippen molar-refractivity contribution in [3.05, 3.63) is 35.9 Å². The van der Waals surface area contributed by atoms with Crippen LogP contribution in [0.2, 0.25) is 0 Å². The minimum absolute atomic E-state index is 0.184. The highest BCUT2D eigenvalue weighted by Crippen LogP contribution is 2.30. The highest BCUT2D eigenvalue weighted by Gasteiger charge is 2.47. The fourth-order valence-corrected chi connectivity index (χ4v) is 2.77. The number of nitrogens with one attached hydrogen (secondary N) is 1. The van der Waals surface area contributed by atoms with Gasteiger partial charge in [0.05, 0.1) is 12.6 Å². The Morgan fingerprint density at radius 3 is 2.50 bits per heavy atom. The Bertz CT molecular complexity index is 558. The lowest BCUT2D eigenvalue weighted by molar-refractivity contribution is -0.0934. The minimum atomic E-state index is -3.00. The van der Waals surface area contributed by atoms with E-state index in [0.717, 1.165) is 10.5 Å². The number of likely N-dealkylation sites (tertiary alicyclic amines) is 1. The molecule has 1 unspecified atom stereocenters. The summed E-state index contributed by atoms with van der Waals surface area (Å²) in [5, 5.41) is 3.00. The molecule has 134 valence electrons. The second kappa shape index (κ2) is 7.05. The number of benzene rings is 1. The third-order valence-electron chi connectivity index (χ3n) is 4.00. The van der Waals surface area contributed by atoms with Gasteiger partial charge in [0.1, 0.15) is 5.60 Å². The van der Waals surface area contributed by atoms with E-state index in [1.165, 1.54) is 0 Å². The van der Waals surface area contributed by atoms with E-state index in [4.69, 9.17) is 4.74 Å². The van der Waals surface area contributed by atoms with E-state index in [2.05, 4.69) is 5.32 Å². The molecule has 0 aromatic heterocycles. The number of ether oxygens (including phenoxy) is 1. The highest BCUT2D eigenvalue weighted by molar-refractivity contribution is 5.68. The number of rotatable bonds is 3. The zero-order valence-corrected chi connectivity index (χ0v) is 14.7. The molecule has 1 aliphatic rings. The molecule has 0 bridgehead atoms. The predicted octanol–water partition coefficient (Wildman–Crippen LogP) is 3.98. The number of carbonyl (C=O) groups is 1. The first-order chi connectivity index (χ1) is 11.1. The van der Waals surface area contributed by atoms with Crippen LogP contribution in [0.5, 0.6) is 0 Å². The van der Waals surface area contributed by atoms with E-state index >= 15 is 0 Å². The van der Waals surface area contributed by atoms with Crippen LogP contribution in [0, 0.1) is 0 Å². The van der Waals surface area contributed by atoms with Crippen molar-refractivity contribution >= 4 is 6.09 Å². The first-order valence-electron chi connectivity index (χ1n) is 8.25. The second-order valence-electron chi connectivity index (χ2n) is 7.30. The van der Waals surface area contributed by atoms with Crippen LogP contribution in [0.15, 0.2) is 30.3 Å². The highest BCUT2D eigenvalue weighted by atomic mass is 19.3. The summed E-state index contributed by atoms with van der Waals surface area (Å²) in [5.74, 6) is -3.00. The van der Waals surface area contributed by atoms with Gasteiger partial charge in [-0.1, -0.05) is 30.3 Å². The average Bonchev–Trinajstić information content (AvgIpc) is 2.48. The largest absolute Gasteiger partial charge is 0.444 e. The maximum Gasteiger partial charge on any atom is 0.410 e. The Labute approximate surface area is 142 Å². The van der Waals surface area contributed by atoms with Gasteiger partial charge >= 0.3 is 6.09 Å². The van der Waals surface area contributed by atoms with Crippen molar-refractivity contribution < 1.29 is 18.3 Å². The van der Waals surface area contributed by atoms with E-state index in [1.807, 2.05) is 37.3 Å². The van der Waals surface area contributed by atoms with Crippen molar-refractivity contribution in [2.75, 3.05) is 13.1 Å². The van der Waals surface area contributed by atoms with Gasteiger partial charge in [-0.3, -0.25) is 0 Å². The summed E-state index contributed by atoms with van der Waals surface area (Å²) in [5.41, 5.74) is 0.270.